The molecule has 0 saturated carbocycles. The van der Waals surface area contributed by atoms with Gasteiger partial charge < -0.3 is 14.6 Å². The molecule has 2 aromatic heterocycles. The number of furan rings is 1. The quantitative estimate of drug-likeness (QED) is 0.736. The van der Waals surface area contributed by atoms with E-state index >= 15 is 0 Å². The molecule has 0 amide bonds. The van der Waals surface area contributed by atoms with Gasteiger partial charge in [0.15, 0.2) is 17.3 Å². The Kier molecular flexibility index (Phi) is 2.52. The Balaban J connectivity index is 2.24. The fourth-order valence-electron chi connectivity index (χ4n) is 2.06. The highest BCUT2D eigenvalue weighted by Gasteiger charge is 2.12. The molecule has 0 aliphatic heterocycles. The van der Waals surface area contributed by atoms with Crippen LogP contribution < -0.4 is 5.56 Å². The summed E-state index contributed by atoms with van der Waals surface area (Å²) in [5.41, 5.74) is 0.149. The lowest BCUT2D eigenvalue weighted by molar-refractivity contribution is 0.419. The average molecular weight is 257 g/mol. The minimum Gasteiger partial charge on any atom is -0.504 e. The summed E-state index contributed by atoms with van der Waals surface area (Å²) in [6.45, 7) is 0.0621. The maximum absolute atomic E-state index is 12.0. The van der Waals surface area contributed by atoms with Gasteiger partial charge >= 0.3 is 0 Å². The van der Waals surface area contributed by atoms with Gasteiger partial charge in [0.2, 0.25) is 0 Å². The maximum atomic E-state index is 12.0. The zero-order chi connectivity index (χ0) is 13.4. The Bertz CT molecular complexity index is 801. The molecule has 0 spiro atoms. The smallest absolute Gasteiger partial charge is 0.293 e. The molecular weight excluding hydrogens is 246 g/mol. The summed E-state index contributed by atoms with van der Waals surface area (Å²) in [7, 11) is 0. The van der Waals surface area contributed by atoms with Crippen LogP contribution in [0.4, 0.5) is 0 Å². The van der Waals surface area contributed by atoms with Gasteiger partial charge in [0.25, 0.3) is 5.56 Å². The lowest BCUT2D eigenvalue weighted by atomic mass is 10.2. The number of para-hydroxylation sites is 1. The Morgan fingerprint density at radius 3 is 2.63 bits per heavy atom. The maximum Gasteiger partial charge on any atom is 0.293 e. The molecule has 2 heterocycles. The molecule has 0 fully saturated rings. The van der Waals surface area contributed by atoms with E-state index in [9.17, 15) is 15.0 Å². The summed E-state index contributed by atoms with van der Waals surface area (Å²) >= 11 is 0. The molecule has 1 aromatic carbocycles. The van der Waals surface area contributed by atoms with Crippen molar-refractivity contribution < 1.29 is 14.6 Å². The van der Waals surface area contributed by atoms with Crippen LogP contribution in [-0.4, -0.2) is 14.8 Å². The Morgan fingerprint density at radius 2 is 1.89 bits per heavy atom. The van der Waals surface area contributed by atoms with Gasteiger partial charge in [-0.25, -0.2) is 0 Å². The second kappa shape index (κ2) is 4.20. The van der Waals surface area contributed by atoms with Crippen molar-refractivity contribution in [3.8, 4) is 11.5 Å². The van der Waals surface area contributed by atoms with Crippen molar-refractivity contribution in [3.05, 3.63) is 58.8 Å². The van der Waals surface area contributed by atoms with Gasteiger partial charge in [-0.3, -0.25) is 9.36 Å². The van der Waals surface area contributed by atoms with Crippen molar-refractivity contribution in [2.45, 2.75) is 6.54 Å². The minimum atomic E-state index is -0.519. The second-order valence-corrected chi connectivity index (χ2v) is 4.21. The van der Waals surface area contributed by atoms with E-state index in [1.165, 1.54) is 23.0 Å². The summed E-state index contributed by atoms with van der Waals surface area (Å²) in [4.78, 5) is 12.0. The number of benzene rings is 1. The van der Waals surface area contributed by atoms with Gasteiger partial charge in [0.05, 0.1) is 18.3 Å². The van der Waals surface area contributed by atoms with Crippen LogP contribution in [0.5, 0.6) is 11.5 Å². The van der Waals surface area contributed by atoms with Crippen molar-refractivity contribution in [2.24, 2.45) is 0 Å². The third-order valence-electron chi connectivity index (χ3n) is 3.01. The monoisotopic (exact) mass is 257 g/mol. The number of pyridine rings is 1. The van der Waals surface area contributed by atoms with E-state index in [4.69, 9.17) is 4.42 Å². The first-order valence-electron chi connectivity index (χ1n) is 5.73. The standard InChI is InChI=1S/C14H11NO4/c16-11-5-6-19-13(11)8-15-10-4-2-1-3-9(10)7-12(17)14(15)18/h1-7,16-17H,8H2. The van der Waals surface area contributed by atoms with Crippen molar-refractivity contribution in [3.63, 3.8) is 0 Å². The predicted molar refractivity (Wildman–Crippen MR) is 69.3 cm³/mol. The van der Waals surface area contributed by atoms with E-state index in [2.05, 4.69) is 0 Å². The third-order valence-corrected chi connectivity index (χ3v) is 3.01. The van der Waals surface area contributed by atoms with Gasteiger partial charge in [-0.05, 0) is 12.1 Å². The fourth-order valence-corrected chi connectivity index (χ4v) is 2.06. The van der Waals surface area contributed by atoms with Crippen LogP contribution >= 0.6 is 0 Å². The number of fused-ring (bicyclic) bond motifs is 1. The van der Waals surface area contributed by atoms with Crippen LogP contribution in [0.2, 0.25) is 0 Å². The zero-order valence-electron chi connectivity index (χ0n) is 9.91. The zero-order valence-corrected chi connectivity index (χ0v) is 9.91. The first kappa shape index (κ1) is 11.4. The summed E-state index contributed by atoms with van der Waals surface area (Å²) in [6.07, 6.45) is 1.35. The summed E-state index contributed by atoms with van der Waals surface area (Å²) in [5.74, 6) is -0.0677. The van der Waals surface area contributed by atoms with Crippen LogP contribution in [0.1, 0.15) is 5.76 Å². The second-order valence-electron chi connectivity index (χ2n) is 4.21. The third kappa shape index (κ3) is 1.85. The molecular formula is C14H11NO4. The van der Waals surface area contributed by atoms with Crippen molar-refractivity contribution in [2.75, 3.05) is 0 Å². The lowest BCUT2D eigenvalue weighted by Crippen LogP contribution is -2.20. The number of hydrogen-bond acceptors (Lipinski definition) is 4. The molecule has 5 heteroatoms. The highest BCUT2D eigenvalue weighted by Crippen LogP contribution is 2.21. The Labute approximate surface area is 108 Å². The highest BCUT2D eigenvalue weighted by molar-refractivity contribution is 5.80. The topological polar surface area (TPSA) is 75.6 Å². The number of nitrogens with zero attached hydrogens (tertiary/aromatic N) is 1. The number of aromatic hydroxyl groups is 2. The number of hydrogen-bond donors (Lipinski definition) is 2. The lowest BCUT2D eigenvalue weighted by Gasteiger charge is -2.09. The SMILES string of the molecule is O=c1c(O)cc2ccccc2n1Cc1occc1O. The predicted octanol–water partition coefficient (Wildman–Crippen LogP) is 2.05. The first-order chi connectivity index (χ1) is 9.16. The van der Waals surface area contributed by atoms with E-state index in [1.54, 1.807) is 18.2 Å². The first-order valence-corrected chi connectivity index (χ1v) is 5.73. The number of aromatic nitrogens is 1. The fraction of sp³-hybridized carbons (Fsp3) is 0.0714. The molecule has 3 rings (SSSR count). The molecule has 3 aromatic rings. The van der Waals surface area contributed by atoms with Gasteiger partial charge in [0, 0.05) is 11.5 Å². The summed E-state index contributed by atoms with van der Waals surface area (Å²) in [6, 6.07) is 10.0. The van der Waals surface area contributed by atoms with Crippen molar-refractivity contribution >= 4 is 10.9 Å². The van der Waals surface area contributed by atoms with Crippen LogP contribution in [0.15, 0.2) is 51.9 Å². The molecule has 5 nitrogen and oxygen atoms in total. The van der Waals surface area contributed by atoms with E-state index in [1.807, 2.05) is 6.07 Å². The van der Waals surface area contributed by atoms with Gasteiger partial charge in [-0.15, -0.1) is 0 Å². The molecule has 19 heavy (non-hydrogen) atoms. The Hall–Kier alpha value is -2.69. The van der Waals surface area contributed by atoms with Gasteiger partial charge in [-0.2, -0.15) is 0 Å². The normalized spacial score (nSPS) is 10.9. The van der Waals surface area contributed by atoms with E-state index in [0.717, 1.165) is 5.39 Å². The van der Waals surface area contributed by atoms with Gasteiger partial charge in [-0.1, -0.05) is 18.2 Å². The molecule has 0 radical (unpaired) electrons. The van der Waals surface area contributed by atoms with Crippen molar-refractivity contribution in [1.82, 2.24) is 4.57 Å². The van der Waals surface area contributed by atoms with E-state index in [-0.39, 0.29) is 23.8 Å². The van der Waals surface area contributed by atoms with Crippen LogP contribution in [0, 0.1) is 0 Å². The average Bonchev–Trinajstić information content (AvgIpc) is 2.80. The van der Waals surface area contributed by atoms with Crippen molar-refractivity contribution in [1.29, 1.82) is 0 Å². The van der Waals surface area contributed by atoms with E-state index < -0.39 is 5.56 Å². The summed E-state index contributed by atoms with van der Waals surface area (Å²) < 4.78 is 6.48. The van der Waals surface area contributed by atoms with Crippen LogP contribution in [0.25, 0.3) is 10.9 Å². The van der Waals surface area contributed by atoms with Crippen LogP contribution in [0.3, 0.4) is 0 Å². The molecule has 0 aliphatic carbocycles. The molecule has 96 valence electrons. The molecule has 0 unspecified atom stereocenters. The Morgan fingerprint density at radius 1 is 1.11 bits per heavy atom. The largest absolute Gasteiger partial charge is 0.504 e. The molecule has 2 N–H and O–H groups in total. The van der Waals surface area contributed by atoms with E-state index in [0.29, 0.717) is 5.52 Å². The molecule has 0 atom stereocenters. The highest BCUT2D eigenvalue weighted by atomic mass is 16.4. The van der Waals surface area contributed by atoms with Gasteiger partial charge in [0.1, 0.15) is 0 Å². The van der Waals surface area contributed by atoms with Crippen LogP contribution in [-0.2, 0) is 6.54 Å². The molecule has 0 bridgehead atoms. The number of rotatable bonds is 2. The minimum absolute atomic E-state index is 0.0145. The summed E-state index contributed by atoms with van der Waals surface area (Å²) in [5, 5.41) is 20.0. The molecule has 0 saturated heterocycles. The molecule has 0 aliphatic rings.